The first-order chi connectivity index (χ1) is 22.8. The van der Waals surface area contributed by atoms with Crippen molar-refractivity contribution in [3.8, 4) is 0 Å². The molecule has 1 N–H and O–H groups in total. The maximum absolute atomic E-state index is 12.2. The second-order valence-electron chi connectivity index (χ2n) is 14.9. The van der Waals surface area contributed by atoms with Crippen LogP contribution in [0.2, 0.25) is 0 Å². The standard InChI is InChI=1S/C42H62O5/c1-5-6-7-9-32-11-13-33(14-12-32)34-15-17-35(18-16-34)36-19-21-37(22-20-36)38-23-25-39(26-24-38)40(29-47-42(45)31(4)28-43)10-8-27-46-41(44)30(2)3/h11-15,35-40,43H,2,4-10,16-29H2,1,3H3. The number of hydrogen-bond acceptors (Lipinski definition) is 5. The predicted octanol–water partition coefficient (Wildman–Crippen LogP) is 9.82. The van der Waals surface area contributed by atoms with Crippen molar-refractivity contribution in [2.24, 2.45) is 35.5 Å². The highest BCUT2D eigenvalue weighted by Gasteiger charge is 2.35. The molecule has 3 aliphatic rings. The minimum absolute atomic E-state index is 0.0888. The molecule has 3 aliphatic carbocycles. The molecule has 2 unspecified atom stereocenters. The number of esters is 2. The summed E-state index contributed by atoms with van der Waals surface area (Å²) in [6.45, 7) is 11.5. The van der Waals surface area contributed by atoms with Gasteiger partial charge >= 0.3 is 11.9 Å². The van der Waals surface area contributed by atoms with Crippen LogP contribution in [0.3, 0.4) is 0 Å². The van der Waals surface area contributed by atoms with Crippen LogP contribution in [0.4, 0.5) is 0 Å². The Morgan fingerprint density at radius 3 is 2.04 bits per heavy atom. The zero-order valence-electron chi connectivity index (χ0n) is 29.5. The minimum Gasteiger partial charge on any atom is -0.462 e. The van der Waals surface area contributed by atoms with E-state index in [4.69, 9.17) is 9.47 Å². The fourth-order valence-electron chi connectivity index (χ4n) is 8.62. The van der Waals surface area contributed by atoms with Gasteiger partial charge in [0, 0.05) is 5.57 Å². The molecule has 0 radical (unpaired) electrons. The van der Waals surface area contributed by atoms with Crippen LogP contribution >= 0.6 is 0 Å². The highest BCUT2D eigenvalue weighted by atomic mass is 16.5. The third kappa shape index (κ3) is 11.5. The molecule has 5 nitrogen and oxygen atoms in total. The van der Waals surface area contributed by atoms with Gasteiger partial charge in [0.1, 0.15) is 0 Å². The number of allylic oxidation sites excluding steroid dienone is 2. The molecule has 0 spiro atoms. The van der Waals surface area contributed by atoms with E-state index in [1.165, 1.54) is 94.6 Å². The number of hydrogen-bond donors (Lipinski definition) is 1. The van der Waals surface area contributed by atoms with Gasteiger partial charge in [0.15, 0.2) is 0 Å². The summed E-state index contributed by atoms with van der Waals surface area (Å²) in [6, 6.07) is 9.42. The number of rotatable bonds is 17. The molecular formula is C42H62O5. The number of aryl methyl sites for hydroxylation is 1. The van der Waals surface area contributed by atoms with Crippen molar-refractivity contribution in [1.29, 1.82) is 0 Å². The van der Waals surface area contributed by atoms with Gasteiger partial charge in [0.25, 0.3) is 0 Å². The molecule has 2 atom stereocenters. The second-order valence-corrected chi connectivity index (χ2v) is 14.9. The fourth-order valence-corrected chi connectivity index (χ4v) is 8.62. The van der Waals surface area contributed by atoms with Crippen LogP contribution in [0.25, 0.3) is 5.57 Å². The lowest BCUT2D eigenvalue weighted by Crippen LogP contribution is -2.31. The van der Waals surface area contributed by atoms with Crippen molar-refractivity contribution >= 4 is 17.5 Å². The van der Waals surface area contributed by atoms with Gasteiger partial charge in [-0.1, -0.05) is 63.3 Å². The van der Waals surface area contributed by atoms with E-state index in [2.05, 4.69) is 50.4 Å². The van der Waals surface area contributed by atoms with Crippen molar-refractivity contribution < 1.29 is 24.2 Å². The van der Waals surface area contributed by atoms with Crippen molar-refractivity contribution in [2.45, 2.75) is 123 Å². The zero-order valence-corrected chi connectivity index (χ0v) is 29.5. The molecule has 2 saturated carbocycles. The topological polar surface area (TPSA) is 72.8 Å². The van der Waals surface area contributed by atoms with E-state index in [9.17, 15) is 14.7 Å². The summed E-state index contributed by atoms with van der Waals surface area (Å²) in [5.74, 6) is 3.23. The molecule has 5 heteroatoms. The number of benzene rings is 1. The molecule has 1 aromatic carbocycles. The largest absolute Gasteiger partial charge is 0.462 e. The van der Waals surface area contributed by atoms with Crippen molar-refractivity contribution in [2.75, 3.05) is 19.8 Å². The summed E-state index contributed by atoms with van der Waals surface area (Å²) in [7, 11) is 0. The summed E-state index contributed by atoms with van der Waals surface area (Å²) in [5, 5.41) is 9.26. The van der Waals surface area contributed by atoms with Crippen molar-refractivity contribution in [3.05, 3.63) is 65.8 Å². The van der Waals surface area contributed by atoms with Crippen LogP contribution in [0.5, 0.6) is 0 Å². The smallest absolute Gasteiger partial charge is 0.335 e. The third-order valence-corrected chi connectivity index (χ3v) is 11.7. The van der Waals surface area contributed by atoms with Gasteiger partial charge in [-0.15, -0.1) is 0 Å². The Kier molecular flexibility index (Phi) is 15.3. The number of unbranched alkanes of at least 4 members (excludes halogenated alkanes) is 2. The highest BCUT2D eigenvalue weighted by molar-refractivity contribution is 5.88. The Morgan fingerprint density at radius 2 is 1.47 bits per heavy atom. The molecule has 260 valence electrons. The molecule has 0 amide bonds. The van der Waals surface area contributed by atoms with Crippen LogP contribution in [-0.2, 0) is 25.5 Å². The van der Waals surface area contributed by atoms with Crippen LogP contribution in [-0.4, -0.2) is 36.9 Å². The van der Waals surface area contributed by atoms with E-state index in [0.717, 1.165) is 49.4 Å². The summed E-state index contributed by atoms with van der Waals surface area (Å²) < 4.78 is 10.9. The number of aliphatic hydroxyl groups excluding tert-OH is 1. The van der Waals surface area contributed by atoms with E-state index in [1.807, 2.05) is 0 Å². The second kappa shape index (κ2) is 19.4. The van der Waals surface area contributed by atoms with Crippen LogP contribution in [0.1, 0.15) is 128 Å². The van der Waals surface area contributed by atoms with E-state index in [-0.39, 0.29) is 24.1 Å². The van der Waals surface area contributed by atoms with Gasteiger partial charge in [0.05, 0.1) is 25.4 Å². The van der Waals surface area contributed by atoms with Crippen molar-refractivity contribution in [3.63, 3.8) is 0 Å². The molecule has 0 saturated heterocycles. The van der Waals surface area contributed by atoms with Gasteiger partial charge in [-0.3, -0.25) is 0 Å². The SMILES string of the molecule is C=C(C)C(=O)OCCCC(COC(=O)C(=C)CO)C1CCC(C2CCC(C3CC=C(c4ccc(CCCCC)cc4)CC3)CC2)CC1. The molecular weight excluding hydrogens is 584 g/mol. The molecule has 0 bridgehead atoms. The summed E-state index contributed by atoms with van der Waals surface area (Å²) in [5.41, 5.74) is 4.97. The number of carbonyl (C=O) groups is 2. The Labute approximate surface area is 285 Å². The predicted molar refractivity (Wildman–Crippen MR) is 192 cm³/mol. The molecule has 4 rings (SSSR count). The van der Waals surface area contributed by atoms with E-state index >= 15 is 0 Å². The molecule has 47 heavy (non-hydrogen) atoms. The van der Waals surface area contributed by atoms with Gasteiger partial charge in [-0.05, 0) is 155 Å². The molecule has 0 aromatic heterocycles. The van der Waals surface area contributed by atoms with Crippen LogP contribution in [0, 0.1) is 35.5 Å². The molecule has 0 aliphatic heterocycles. The average Bonchev–Trinajstić information content (AvgIpc) is 3.11. The Bertz CT molecular complexity index is 1180. The minimum atomic E-state index is -0.520. The first-order valence-electron chi connectivity index (χ1n) is 18.9. The Hall–Kier alpha value is -2.66. The Balaban J connectivity index is 1.20. The van der Waals surface area contributed by atoms with Crippen LogP contribution in [0.15, 0.2) is 54.6 Å². The number of carbonyl (C=O) groups excluding carboxylic acids is 2. The normalized spacial score (nSPS) is 25.3. The lowest BCUT2D eigenvalue weighted by molar-refractivity contribution is -0.141. The lowest BCUT2D eigenvalue weighted by Gasteiger charge is -2.41. The summed E-state index contributed by atoms with van der Waals surface area (Å²) in [6.07, 6.45) is 23.4. The highest BCUT2D eigenvalue weighted by Crippen LogP contribution is 2.47. The van der Waals surface area contributed by atoms with Gasteiger partial charge in [-0.2, -0.15) is 0 Å². The summed E-state index contributed by atoms with van der Waals surface area (Å²) in [4.78, 5) is 24.0. The summed E-state index contributed by atoms with van der Waals surface area (Å²) >= 11 is 0. The third-order valence-electron chi connectivity index (χ3n) is 11.7. The average molecular weight is 647 g/mol. The molecule has 2 fully saturated rings. The maximum Gasteiger partial charge on any atom is 0.335 e. The van der Waals surface area contributed by atoms with Gasteiger partial charge in [0.2, 0.25) is 0 Å². The monoisotopic (exact) mass is 646 g/mol. The lowest BCUT2D eigenvalue weighted by atomic mass is 9.64. The van der Waals surface area contributed by atoms with Crippen molar-refractivity contribution in [1.82, 2.24) is 0 Å². The fraction of sp³-hybridized carbons (Fsp3) is 0.667. The van der Waals surface area contributed by atoms with Crippen LogP contribution < -0.4 is 0 Å². The first kappa shape index (κ1) is 37.2. The molecule has 0 heterocycles. The van der Waals surface area contributed by atoms with E-state index < -0.39 is 5.97 Å². The maximum atomic E-state index is 12.2. The zero-order chi connectivity index (χ0) is 33.6. The quantitative estimate of drug-likeness (QED) is 0.104. The van der Waals surface area contributed by atoms with Gasteiger partial charge < -0.3 is 14.6 Å². The number of ether oxygens (including phenoxy) is 2. The van der Waals surface area contributed by atoms with Gasteiger partial charge in [-0.25, -0.2) is 9.59 Å². The van der Waals surface area contributed by atoms with E-state index in [0.29, 0.717) is 24.7 Å². The van der Waals surface area contributed by atoms with E-state index in [1.54, 1.807) is 12.5 Å². The Morgan fingerprint density at radius 1 is 0.830 bits per heavy atom. The first-order valence-corrected chi connectivity index (χ1v) is 18.9. The molecule has 1 aromatic rings. The number of aliphatic hydroxyl groups is 1.